The average molecular weight is 327 g/mol. The molecule has 2 N–H and O–H groups in total. The van der Waals surface area contributed by atoms with E-state index >= 15 is 0 Å². The van der Waals surface area contributed by atoms with E-state index < -0.39 is 0 Å². The highest BCUT2D eigenvalue weighted by molar-refractivity contribution is 9.10. The summed E-state index contributed by atoms with van der Waals surface area (Å²) >= 11 is 5.07. The molecule has 5 heteroatoms. The smallest absolute Gasteiger partial charge is 0.145 e. The van der Waals surface area contributed by atoms with Gasteiger partial charge in [-0.2, -0.15) is 0 Å². The number of hydrogen-bond acceptors (Lipinski definition) is 4. The first-order chi connectivity index (χ1) is 8.47. The molecule has 0 atom stereocenters. The lowest BCUT2D eigenvalue weighted by molar-refractivity contribution is 0.305. The van der Waals surface area contributed by atoms with E-state index in [2.05, 4.69) is 27.8 Å². The maximum atomic E-state index is 5.95. The maximum absolute atomic E-state index is 5.95. The van der Waals surface area contributed by atoms with E-state index in [1.165, 1.54) is 4.88 Å². The fourth-order valence-electron chi connectivity index (χ4n) is 1.69. The van der Waals surface area contributed by atoms with Crippen LogP contribution in [0.4, 0.5) is 5.69 Å². The number of ether oxygens (including phenoxy) is 1. The van der Waals surface area contributed by atoms with Crippen molar-refractivity contribution in [1.29, 1.82) is 0 Å². The largest absolute Gasteiger partial charge is 0.484 e. The topological polar surface area (TPSA) is 48.1 Å². The molecular formula is C13H15BrN2OS. The first-order valence-corrected chi connectivity index (χ1v) is 7.19. The van der Waals surface area contributed by atoms with Crippen LogP contribution >= 0.6 is 27.3 Å². The average Bonchev–Trinajstić information content (AvgIpc) is 2.56. The van der Waals surface area contributed by atoms with Gasteiger partial charge >= 0.3 is 0 Å². The van der Waals surface area contributed by atoms with Crippen molar-refractivity contribution in [3.05, 3.63) is 37.7 Å². The number of halogens is 1. The van der Waals surface area contributed by atoms with Crippen LogP contribution in [-0.4, -0.2) is 4.98 Å². The van der Waals surface area contributed by atoms with Gasteiger partial charge in [0.05, 0.1) is 11.4 Å². The zero-order valence-corrected chi connectivity index (χ0v) is 13.0. The summed E-state index contributed by atoms with van der Waals surface area (Å²) in [6, 6.07) is 3.84. The van der Waals surface area contributed by atoms with Crippen molar-refractivity contribution < 1.29 is 4.74 Å². The number of nitrogens with two attached hydrogens (primary N) is 1. The molecule has 0 bridgehead atoms. The molecule has 2 aromatic rings. The van der Waals surface area contributed by atoms with Crippen molar-refractivity contribution >= 4 is 33.0 Å². The summed E-state index contributed by atoms with van der Waals surface area (Å²) in [7, 11) is 0. The van der Waals surface area contributed by atoms with Crippen LogP contribution in [0.15, 0.2) is 16.6 Å². The Hall–Kier alpha value is -1.07. The molecule has 0 aliphatic heterocycles. The van der Waals surface area contributed by atoms with Crippen LogP contribution in [0.25, 0.3) is 0 Å². The van der Waals surface area contributed by atoms with Crippen molar-refractivity contribution in [2.75, 3.05) is 5.73 Å². The Kier molecular flexibility index (Phi) is 3.92. The molecule has 1 heterocycles. The summed E-state index contributed by atoms with van der Waals surface area (Å²) in [6.07, 6.45) is 0. The standard InChI is InChI=1S/C13H15BrN2OS/c1-7-4-10(14)5-11(15)13(7)17-6-12-16-8(2)9(3)18-12/h4-5H,6,15H2,1-3H3. The summed E-state index contributed by atoms with van der Waals surface area (Å²) < 4.78 is 6.74. The van der Waals surface area contributed by atoms with E-state index in [1.54, 1.807) is 11.3 Å². The predicted octanol–water partition coefficient (Wildman–Crippen LogP) is 3.99. The lowest BCUT2D eigenvalue weighted by atomic mass is 10.2. The summed E-state index contributed by atoms with van der Waals surface area (Å²) in [5.41, 5.74) is 8.68. The van der Waals surface area contributed by atoms with E-state index in [4.69, 9.17) is 10.5 Å². The quantitative estimate of drug-likeness (QED) is 0.867. The van der Waals surface area contributed by atoms with Gasteiger partial charge in [0, 0.05) is 9.35 Å². The van der Waals surface area contributed by atoms with Crippen molar-refractivity contribution in [3.8, 4) is 5.75 Å². The number of rotatable bonds is 3. The fraction of sp³-hybridized carbons (Fsp3) is 0.308. The number of anilines is 1. The number of nitrogens with zero attached hydrogens (tertiary/aromatic N) is 1. The molecular weight excluding hydrogens is 312 g/mol. The van der Waals surface area contributed by atoms with E-state index in [0.29, 0.717) is 12.3 Å². The van der Waals surface area contributed by atoms with Gasteiger partial charge in [-0.1, -0.05) is 15.9 Å². The Morgan fingerprint density at radius 3 is 2.61 bits per heavy atom. The minimum absolute atomic E-state index is 0.464. The third-order valence-corrected chi connectivity index (χ3v) is 4.19. The second-order valence-electron chi connectivity index (χ2n) is 4.18. The van der Waals surface area contributed by atoms with Crippen LogP contribution < -0.4 is 10.5 Å². The van der Waals surface area contributed by atoms with Crippen LogP contribution in [0.3, 0.4) is 0 Å². The summed E-state index contributed by atoms with van der Waals surface area (Å²) in [5.74, 6) is 0.740. The van der Waals surface area contributed by atoms with Gasteiger partial charge in [0.2, 0.25) is 0 Å². The number of thiazole rings is 1. The second-order valence-corrected chi connectivity index (χ2v) is 6.38. The molecule has 0 saturated heterocycles. The van der Waals surface area contributed by atoms with Crippen LogP contribution in [0, 0.1) is 20.8 Å². The first-order valence-electron chi connectivity index (χ1n) is 5.58. The Balaban J connectivity index is 2.15. The zero-order valence-electron chi connectivity index (χ0n) is 10.6. The number of benzene rings is 1. The highest BCUT2D eigenvalue weighted by Crippen LogP contribution is 2.31. The molecule has 0 fully saturated rings. The Morgan fingerprint density at radius 1 is 1.33 bits per heavy atom. The number of hydrogen-bond donors (Lipinski definition) is 1. The Bertz CT molecular complexity index is 538. The molecule has 0 amide bonds. The number of nitrogen functional groups attached to an aromatic ring is 1. The first kappa shape index (κ1) is 13.4. The van der Waals surface area contributed by atoms with E-state index in [-0.39, 0.29) is 0 Å². The third kappa shape index (κ3) is 2.84. The van der Waals surface area contributed by atoms with E-state index in [0.717, 1.165) is 26.5 Å². The molecule has 0 aliphatic rings. The lowest BCUT2D eigenvalue weighted by Crippen LogP contribution is -2.00. The van der Waals surface area contributed by atoms with Gasteiger partial charge in [-0.05, 0) is 38.5 Å². The van der Waals surface area contributed by atoms with Gasteiger partial charge < -0.3 is 10.5 Å². The maximum Gasteiger partial charge on any atom is 0.145 e. The van der Waals surface area contributed by atoms with Gasteiger partial charge in [-0.3, -0.25) is 0 Å². The highest BCUT2D eigenvalue weighted by Gasteiger charge is 2.09. The zero-order chi connectivity index (χ0) is 13.3. The summed E-state index contributed by atoms with van der Waals surface area (Å²) in [6.45, 7) is 6.52. The molecule has 1 aromatic heterocycles. The molecule has 0 unspecified atom stereocenters. The van der Waals surface area contributed by atoms with Crippen LogP contribution in [0.5, 0.6) is 5.75 Å². The number of aryl methyl sites for hydroxylation is 3. The summed E-state index contributed by atoms with van der Waals surface area (Å²) in [4.78, 5) is 5.68. The summed E-state index contributed by atoms with van der Waals surface area (Å²) in [5, 5.41) is 0.978. The van der Waals surface area contributed by atoms with E-state index in [1.807, 2.05) is 26.0 Å². The van der Waals surface area contributed by atoms with Crippen molar-refractivity contribution in [3.63, 3.8) is 0 Å². The lowest BCUT2D eigenvalue weighted by Gasteiger charge is -2.11. The normalized spacial score (nSPS) is 10.7. The van der Waals surface area contributed by atoms with Crippen LogP contribution in [0.2, 0.25) is 0 Å². The molecule has 2 rings (SSSR count). The van der Waals surface area contributed by atoms with Crippen LogP contribution in [0.1, 0.15) is 21.1 Å². The van der Waals surface area contributed by atoms with Crippen molar-refractivity contribution in [2.24, 2.45) is 0 Å². The monoisotopic (exact) mass is 326 g/mol. The van der Waals surface area contributed by atoms with Gasteiger partial charge in [0.25, 0.3) is 0 Å². The predicted molar refractivity (Wildman–Crippen MR) is 79.2 cm³/mol. The molecule has 0 spiro atoms. The minimum Gasteiger partial charge on any atom is -0.484 e. The molecule has 0 radical (unpaired) electrons. The minimum atomic E-state index is 0.464. The van der Waals surface area contributed by atoms with Gasteiger partial charge in [0.15, 0.2) is 0 Å². The van der Waals surface area contributed by atoms with Crippen molar-refractivity contribution in [1.82, 2.24) is 4.98 Å². The number of aromatic nitrogens is 1. The SMILES string of the molecule is Cc1cc(Br)cc(N)c1OCc1nc(C)c(C)s1. The third-order valence-electron chi connectivity index (χ3n) is 2.68. The van der Waals surface area contributed by atoms with Gasteiger partial charge in [-0.25, -0.2) is 4.98 Å². The molecule has 18 heavy (non-hydrogen) atoms. The van der Waals surface area contributed by atoms with Gasteiger partial charge in [0.1, 0.15) is 17.4 Å². The second kappa shape index (κ2) is 5.28. The molecule has 3 nitrogen and oxygen atoms in total. The highest BCUT2D eigenvalue weighted by atomic mass is 79.9. The molecule has 96 valence electrons. The van der Waals surface area contributed by atoms with E-state index in [9.17, 15) is 0 Å². The van der Waals surface area contributed by atoms with Crippen LogP contribution in [-0.2, 0) is 6.61 Å². The molecule has 0 saturated carbocycles. The van der Waals surface area contributed by atoms with Gasteiger partial charge in [-0.15, -0.1) is 11.3 Å². The molecule has 0 aliphatic carbocycles. The Morgan fingerprint density at radius 2 is 2.06 bits per heavy atom. The van der Waals surface area contributed by atoms with Crippen molar-refractivity contribution in [2.45, 2.75) is 27.4 Å². The fourth-order valence-corrected chi connectivity index (χ4v) is 3.13. The molecule has 1 aromatic carbocycles. The Labute approximate surface area is 119 Å².